The van der Waals surface area contributed by atoms with Gasteiger partial charge in [-0.25, -0.2) is 9.50 Å². The third-order valence-corrected chi connectivity index (χ3v) is 6.18. The first-order chi connectivity index (χ1) is 14.9. The molecule has 8 heteroatoms. The number of nitrogens with one attached hydrogen (secondary N) is 1. The van der Waals surface area contributed by atoms with Crippen LogP contribution in [0.5, 0.6) is 0 Å². The van der Waals surface area contributed by atoms with Crippen LogP contribution in [-0.4, -0.2) is 62.2 Å². The monoisotopic (exact) mass is 417 g/mol. The maximum Gasteiger partial charge on any atom is 0.259 e. The van der Waals surface area contributed by atoms with Gasteiger partial charge in [0.05, 0.1) is 34.0 Å². The highest BCUT2D eigenvalue weighted by Gasteiger charge is 2.24. The molecule has 1 aliphatic rings. The number of benzene rings is 1. The molecule has 0 saturated carbocycles. The third kappa shape index (κ3) is 3.46. The number of hydrogen-bond donors (Lipinski definition) is 1. The molecule has 160 valence electrons. The Morgan fingerprint density at radius 1 is 1.16 bits per heavy atom. The van der Waals surface area contributed by atoms with Gasteiger partial charge in [-0.2, -0.15) is 5.10 Å². The lowest BCUT2D eigenvalue weighted by molar-refractivity contribution is 0.264. The van der Waals surface area contributed by atoms with E-state index in [0.717, 1.165) is 48.6 Å². The molecule has 0 amide bonds. The van der Waals surface area contributed by atoms with Crippen molar-refractivity contribution in [1.29, 1.82) is 0 Å². The molecule has 4 heterocycles. The Kier molecular flexibility index (Phi) is 4.74. The van der Waals surface area contributed by atoms with E-state index in [1.54, 1.807) is 4.52 Å². The first-order valence-electron chi connectivity index (χ1n) is 10.8. The second-order valence-electron chi connectivity index (χ2n) is 8.46. The molecule has 1 N–H and O–H groups in total. The van der Waals surface area contributed by atoms with E-state index in [1.807, 2.05) is 38.2 Å². The van der Waals surface area contributed by atoms with Crippen LogP contribution in [0.2, 0.25) is 0 Å². The second-order valence-corrected chi connectivity index (χ2v) is 8.46. The van der Waals surface area contributed by atoms with Gasteiger partial charge in [-0.3, -0.25) is 9.78 Å². The van der Waals surface area contributed by atoms with Crippen molar-refractivity contribution in [3.63, 3.8) is 0 Å². The smallest absolute Gasteiger partial charge is 0.259 e. The number of aryl methyl sites for hydroxylation is 2. The molecule has 1 fully saturated rings. The van der Waals surface area contributed by atoms with Crippen LogP contribution in [0.25, 0.3) is 27.9 Å². The summed E-state index contributed by atoms with van der Waals surface area (Å²) in [5.41, 5.74) is 4.92. The Hall–Kier alpha value is -3.26. The molecule has 5 rings (SSSR count). The normalized spacial score (nSPS) is 17.7. The average Bonchev–Trinajstić information content (AvgIpc) is 3.18. The van der Waals surface area contributed by atoms with Gasteiger partial charge in [0.1, 0.15) is 5.69 Å². The number of aromatic nitrogens is 5. The van der Waals surface area contributed by atoms with Crippen LogP contribution in [0.15, 0.2) is 35.3 Å². The zero-order valence-corrected chi connectivity index (χ0v) is 18.4. The fourth-order valence-corrected chi connectivity index (χ4v) is 4.53. The molecule has 1 aromatic carbocycles. The number of aromatic amines is 1. The molecule has 0 unspecified atom stereocenters. The van der Waals surface area contributed by atoms with Crippen molar-refractivity contribution in [3.05, 3.63) is 52.2 Å². The van der Waals surface area contributed by atoms with Crippen molar-refractivity contribution >= 4 is 22.1 Å². The van der Waals surface area contributed by atoms with Crippen LogP contribution in [-0.2, 0) is 0 Å². The number of rotatable bonds is 3. The molecule has 1 saturated heterocycles. The highest BCUT2D eigenvalue weighted by atomic mass is 16.1. The first kappa shape index (κ1) is 19.7. The van der Waals surface area contributed by atoms with Gasteiger partial charge in [0.15, 0.2) is 5.82 Å². The van der Waals surface area contributed by atoms with Crippen molar-refractivity contribution in [2.24, 2.45) is 0 Å². The van der Waals surface area contributed by atoms with E-state index in [-0.39, 0.29) is 5.56 Å². The molecule has 31 heavy (non-hydrogen) atoms. The fourth-order valence-electron chi connectivity index (χ4n) is 4.53. The largest absolute Gasteiger partial charge is 0.366 e. The molecule has 8 nitrogen and oxygen atoms in total. The Bertz CT molecular complexity index is 1340. The Morgan fingerprint density at radius 2 is 2.00 bits per heavy atom. The van der Waals surface area contributed by atoms with E-state index >= 15 is 0 Å². The Labute approximate surface area is 180 Å². The molecule has 3 aromatic heterocycles. The highest BCUT2D eigenvalue weighted by molar-refractivity contribution is 5.83. The van der Waals surface area contributed by atoms with Crippen LogP contribution < -0.4 is 10.5 Å². The maximum absolute atomic E-state index is 13.0. The number of fused-ring (bicyclic) bond motifs is 2. The summed E-state index contributed by atoms with van der Waals surface area (Å²) < 4.78 is 1.79. The molecule has 4 aromatic rings. The number of hydrogen-bond acceptors (Lipinski definition) is 6. The van der Waals surface area contributed by atoms with E-state index in [9.17, 15) is 4.79 Å². The van der Waals surface area contributed by atoms with E-state index < -0.39 is 0 Å². The van der Waals surface area contributed by atoms with Crippen LogP contribution in [0.4, 0.5) is 5.69 Å². The second kappa shape index (κ2) is 7.46. The van der Waals surface area contributed by atoms with Crippen molar-refractivity contribution in [1.82, 2.24) is 29.5 Å². The summed E-state index contributed by atoms with van der Waals surface area (Å²) in [6.07, 6.45) is 2.94. The molecule has 1 atom stereocenters. The quantitative estimate of drug-likeness (QED) is 0.552. The highest BCUT2D eigenvalue weighted by Crippen LogP contribution is 2.25. The average molecular weight is 418 g/mol. The number of nitrogens with zero attached hydrogens (tertiary/aromatic N) is 6. The van der Waals surface area contributed by atoms with Crippen molar-refractivity contribution < 1.29 is 0 Å². The zero-order valence-electron chi connectivity index (χ0n) is 18.4. The standard InChI is InChI=1S/C23H27N7O/c1-5-16-13-28(4)8-9-29(16)17-6-7-19-18(10-17)23(31)26-22(25-19)20-11-21-15(3)24-14(2)12-30(21)27-20/h6-7,10-12,16H,5,8-9,13H2,1-4H3,(H,25,26,31)/t16-/m0/s1. The van der Waals surface area contributed by atoms with Gasteiger partial charge in [0, 0.05) is 31.4 Å². The van der Waals surface area contributed by atoms with Crippen LogP contribution in [0.3, 0.4) is 0 Å². The van der Waals surface area contributed by atoms with Gasteiger partial charge < -0.3 is 14.8 Å². The summed E-state index contributed by atoms with van der Waals surface area (Å²) in [6.45, 7) is 9.11. The van der Waals surface area contributed by atoms with Crippen LogP contribution >= 0.6 is 0 Å². The van der Waals surface area contributed by atoms with Gasteiger partial charge in [-0.15, -0.1) is 0 Å². The van der Waals surface area contributed by atoms with Gasteiger partial charge in [0.2, 0.25) is 0 Å². The Morgan fingerprint density at radius 3 is 2.81 bits per heavy atom. The lowest BCUT2D eigenvalue weighted by atomic mass is 10.1. The number of H-pyrrole nitrogens is 1. The zero-order chi connectivity index (χ0) is 21.7. The lowest BCUT2D eigenvalue weighted by Crippen LogP contribution is -2.51. The molecule has 0 radical (unpaired) electrons. The van der Waals surface area contributed by atoms with E-state index in [1.165, 1.54) is 0 Å². The predicted octanol–water partition coefficient (Wildman–Crippen LogP) is 2.78. The minimum absolute atomic E-state index is 0.146. The number of likely N-dealkylation sites (N-methyl/N-ethyl adjacent to an activating group) is 1. The minimum atomic E-state index is -0.146. The van der Waals surface area contributed by atoms with Gasteiger partial charge >= 0.3 is 0 Å². The molecule has 0 spiro atoms. The topological polar surface area (TPSA) is 82.4 Å². The summed E-state index contributed by atoms with van der Waals surface area (Å²) in [5.74, 6) is 0.469. The molecule has 1 aliphatic heterocycles. The minimum Gasteiger partial charge on any atom is -0.366 e. The summed E-state index contributed by atoms with van der Waals surface area (Å²) in [4.78, 5) is 29.9. The van der Waals surface area contributed by atoms with Gasteiger partial charge in [-0.05, 0) is 51.6 Å². The van der Waals surface area contributed by atoms with E-state index in [4.69, 9.17) is 4.98 Å². The Balaban J connectivity index is 1.56. The van der Waals surface area contributed by atoms with Crippen molar-refractivity contribution in [2.45, 2.75) is 33.2 Å². The molecular formula is C23H27N7O. The number of anilines is 1. The third-order valence-electron chi connectivity index (χ3n) is 6.18. The molecule has 0 bridgehead atoms. The summed E-state index contributed by atoms with van der Waals surface area (Å²) in [5, 5.41) is 5.21. The summed E-state index contributed by atoms with van der Waals surface area (Å²) in [7, 11) is 2.16. The number of piperazine rings is 1. The molecule has 0 aliphatic carbocycles. The lowest BCUT2D eigenvalue weighted by Gasteiger charge is -2.41. The van der Waals surface area contributed by atoms with Crippen molar-refractivity contribution in [2.75, 3.05) is 31.6 Å². The summed E-state index contributed by atoms with van der Waals surface area (Å²) >= 11 is 0. The van der Waals surface area contributed by atoms with Crippen LogP contribution in [0, 0.1) is 13.8 Å². The predicted molar refractivity (Wildman–Crippen MR) is 123 cm³/mol. The fraction of sp³-hybridized carbons (Fsp3) is 0.391. The van der Waals surface area contributed by atoms with Crippen molar-refractivity contribution in [3.8, 4) is 11.5 Å². The first-order valence-corrected chi connectivity index (χ1v) is 10.8. The van der Waals surface area contributed by atoms with Gasteiger partial charge in [0.25, 0.3) is 5.56 Å². The summed E-state index contributed by atoms with van der Waals surface area (Å²) in [6, 6.07) is 8.35. The SMILES string of the molecule is CC[C@H]1CN(C)CCN1c1ccc2nc(-c3cc4c(C)nc(C)cn4n3)[nH]c(=O)c2c1. The molecular weight excluding hydrogens is 390 g/mol. The van der Waals surface area contributed by atoms with E-state index in [2.05, 4.69) is 44.9 Å². The van der Waals surface area contributed by atoms with Crippen LogP contribution in [0.1, 0.15) is 24.7 Å². The van der Waals surface area contributed by atoms with E-state index in [0.29, 0.717) is 28.5 Å². The maximum atomic E-state index is 13.0. The van der Waals surface area contributed by atoms with Gasteiger partial charge in [-0.1, -0.05) is 6.92 Å².